The largest absolute Gasteiger partial charge is 0.481 e. The van der Waals surface area contributed by atoms with Gasteiger partial charge in [-0.05, 0) is 12.8 Å². The van der Waals surface area contributed by atoms with Gasteiger partial charge in [0.25, 0.3) is 10.1 Å². The molecule has 0 heterocycles. The molecule has 0 aromatic rings. The van der Waals surface area contributed by atoms with E-state index in [1.165, 1.54) is 0 Å². The van der Waals surface area contributed by atoms with Crippen molar-refractivity contribution in [2.45, 2.75) is 31.7 Å². The van der Waals surface area contributed by atoms with Crippen molar-refractivity contribution in [2.75, 3.05) is 5.75 Å². The molecule has 0 saturated heterocycles. The van der Waals surface area contributed by atoms with Crippen LogP contribution in [0.25, 0.3) is 0 Å². The second-order valence-electron chi connectivity index (χ2n) is 3.41. The van der Waals surface area contributed by atoms with Gasteiger partial charge in [-0.1, -0.05) is 0 Å². The van der Waals surface area contributed by atoms with Crippen molar-refractivity contribution in [3.8, 4) is 0 Å². The standard InChI is InChI=1S/C8H15NO6S/c9-6(5-8(11)12)7(10)3-1-2-4-16(13,14)15/h6H,1-5,9H2,(H,11,12)(H,13,14,15)/t6-/m0/s1. The molecule has 0 spiro atoms. The van der Waals surface area contributed by atoms with Crippen LogP contribution in [-0.2, 0) is 19.7 Å². The van der Waals surface area contributed by atoms with Crippen LogP contribution in [0.4, 0.5) is 0 Å². The maximum Gasteiger partial charge on any atom is 0.305 e. The molecule has 0 saturated carbocycles. The summed E-state index contributed by atoms with van der Waals surface area (Å²) >= 11 is 0. The van der Waals surface area contributed by atoms with Crippen LogP contribution in [0.5, 0.6) is 0 Å². The van der Waals surface area contributed by atoms with E-state index in [1.54, 1.807) is 0 Å². The van der Waals surface area contributed by atoms with Gasteiger partial charge in [0.05, 0.1) is 18.2 Å². The summed E-state index contributed by atoms with van der Waals surface area (Å²) in [7, 11) is -4.00. The molecule has 7 nitrogen and oxygen atoms in total. The second-order valence-corrected chi connectivity index (χ2v) is 4.99. The number of rotatable bonds is 8. The predicted molar refractivity (Wildman–Crippen MR) is 55.5 cm³/mol. The van der Waals surface area contributed by atoms with Crippen molar-refractivity contribution in [3.05, 3.63) is 0 Å². The van der Waals surface area contributed by atoms with E-state index >= 15 is 0 Å². The summed E-state index contributed by atoms with van der Waals surface area (Å²) in [5, 5.41) is 8.37. The Balaban J connectivity index is 3.77. The van der Waals surface area contributed by atoms with Gasteiger partial charge in [-0.25, -0.2) is 0 Å². The van der Waals surface area contributed by atoms with Crippen molar-refractivity contribution in [2.24, 2.45) is 5.73 Å². The molecular formula is C8H15NO6S. The Labute approximate surface area is 93.4 Å². The summed E-state index contributed by atoms with van der Waals surface area (Å²) in [6.07, 6.45) is -0.0165. The summed E-state index contributed by atoms with van der Waals surface area (Å²) in [5.41, 5.74) is 5.29. The molecule has 0 aromatic carbocycles. The fraction of sp³-hybridized carbons (Fsp3) is 0.750. The van der Waals surface area contributed by atoms with E-state index in [-0.39, 0.29) is 19.3 Å². The minimum atomic E-state index is -4.00. The molecule has 0 aliphatic rings. The molecule has 0 radical (unpaired) electrons. The number of Topliss-reactive ketones (excluding diaryl/α,β-unsaturated/α-hetero) is 1. The third-order valence-corrected chi connectivity index (χ3v) is 2.69. The Kier molecular flexibility index (Phi) is 6.16. The molecule has 0 aliphatic carbocycles. The molecule has 94 valence electrons. The van der Waals surface area contributed by atoms with Crippen molar-refractivity contribution < 1.29 is 27.7 Å². The number of ketones is 1. The zero-order valence-corrected chi connectivity index (χ0v) is 9.44. The number of aliphatic carboxylic acids is 1. The molecule has 0 bridgehead atoms. The number of unbranched alkanes of at least 4 members (excludes halogenated alkanes) is 1. The molecule has 0 fully saturated rings. The van der Waals surface area contributed by atoms with Crippen LogP contribution in [0.2, 0.25) is 0 Å². The first-order chi connectivity index (χ1) is 7.22. The van der Waals surface area contributed by atoms with Gasteiger partial charge >= 0.3 is 5.97 Å². The highest BCUT2D eigenvalue weighted by molar-refractivity contribution is 7.85. The maximum absolute atomic E-state index is 11.2. The van der Waals surface area contributed by atoms with Gasteiger partial charge < -0.3 is 10.8 Å². The Morgan fingerprint density at radius 2 is 1.81 bits per heavy atom. The molecule has 16 heavy (non-hydrogen) atoms. The first-order valence-corrected chi connectivity index (χ1v) is 6.28. The second kappa shape index (κ2) is 6.56. The highest BCUT2D eigenvalue weighted by atomic mass is 32.2. The van der Waals surface area contributed by atoms with E-state index in [0.29, 0.717) is 0 Å². The number of carbonyl (C=O) groups excluding carboxylic acids is 1. The Bertz CT molecular complexity index is 350. The van der Waals surface area contributed by atoms with E-state index in [2.05, 4.69) is 0 Å². The Hall–Kier alpha value is -0.990. The van der Waals surface area contributed by atoms with Gasteiger partial charge in [0, 0.05) is 6.42 Å². The maximum atomic E-state index is 11.2. The lowest BCUT2D eigenvalue weighted by atomic mass is 10.1. The average Bonchev–Trinajstić information content (AvgIpc) is 2.09. The number of nitrogens with two attached hydrogens (primary N) is 1. The third-order valence-electron chi connectivity index (χ3n) is 1.88. The van der Waals surface area contributed by atoms with E-state index in [9.17, 15) is 18.0 Å². The van der Waals surface area contributed by atoms with E-state index < -0.39 is 40.1 Å². The molecule has 4 N–H and O–H groups in total. The number of carbonyl (C=O) groups is 2. The van der Waals surface area contributed by atoms with Crippen molar-refractivity contribution in [3.63, 3.8) is 0 Å². The van der Waals surface area contributed by atoms with Crippen molar-refractivity contribution >= 4 is 21.9 Å². The minimum absolute atomic E-state index is 0.0178. The van der Waals surface area contributed by atoms with Crippen molar-refractivity contribution in [1.29, 1.82) is 0 Å². The molecule has 0 aromatic heterocycles. The average molecular weight is 253 g/mol. The van der Waals surface area contributed by atoms with Gasteiger partial charge in [-0.2, -0.15) is 8.42 Å². The molecular weight excluding hydrogens is 238 g/mol. The van der Waals surface area contributed by atoms with E-state index in [4.69, 9.17) is 15.4 Å². The fourth-order valence-electron chi connectivity index (χ4n) is 1.07. The van der Waals surface area contributed by atoms with E-state index in [1.807, 2.05) is 0 Å². The molecule has 0 amide bonds. The summed E-state index contributed by atoms with van der Waals surface area (Å²) < 4.78 is 29.0. The van der Waals surface area contributed by atoms with Gasteiger partial charge in [0.1, 0.15) is 5.78 Å². The highest BCUT2D eigenvalue weighted by Crippen LogP contribution is 2.03. The predicted octanol–water partition coefficient (Wildman–Crippen LogP) is -0.584. The fourth-order valence-corrected chi connectivity index (χ4v) is 1.64. The molecule has 0 rings (SSSR count). The summed E-state index contributed by atoms with van der Waals surface area (Å²) in [6.45, 7) is 0. The third kappa shape index (κ3) is 8.33. The summed E-state index contributed by atoms with van der Waals surface area (Å²) in [6, 6.07) is -1.05. The smallest absolute Gasteiger partial charge is 0.305 e. The molecule has 0 aliphatic heterocycles. The zero-order valence-electron chi connectivity index (χ0n) is 8.63. The summed E-state index contributed by atoms with van der Waals surface area (Å²) in [4.78, 5) is 21.4. The molecule has 1 atom stereocenters. The number of hydrogen-bond acceptors (Lipinski definition) is 5. The lowest BCUT2D eigenvalue weighted by molar-refractivity contribution is -0.139. The monoisotopic (exact) mass is 253 g/mol. The van der Waals surface area contributed by atoms with Gasteiger partial charge in [-0.15, -0.1) is 0 Å². The topological polar surface area (TPSA) is 135 Å². The number of carboxylic acid groups (broad SMARTS) is 1. The Morgan fingerprint density at radius 3 is 2.25 bits per heavy atom. The zero-order chi connectivity index (χ0) is 12.8. The molecule has 0 unspecified atom stereocenters. The molecule has 8 heteroatoms. The lowest BCUT2D eigenvalue weighted by Gasteiger charge is -2.06. The lowest BCUT2D eigenvalue weighted by Crippen LogP contribution is -2.32. The SMILES string of the molecule is N[C@@H](CC(=O)O)C(=O)CCCCS(=O)(=O)O. The highest BCUT2D eigenvalue weighted by Gasteiger charge is 2.16. The van der Waals surface area contributed by atoms with Crippen LogP contribution in [0.15, 0.2) is 0 Å². The van der Waals surface area contributed by atoms with Gasteiger partial charge in [-0.3, -0.25) is 14.1 Å². The van der Waals surface area contributed by atoms with Gasteiger partial charge in [0.15, 0.2) is 0 Å². The number of hydrogen-bond donors (Lipinski definition) is 3. The normalized spacial score (nSPS) is 13.4. The van der Waals surface area contributed by atoms with E-state index in [0.717, 1.165) is 0 Å². The van der Waals surface area contributed by atoms with Crippen LogP contribution in [0.1, 0.15) is 25.7 Å². The van der Waals surface area contributed by atoms with Crippen LogP contribution < -0.4 is 5.73 Å². The van der Waals surface area contributed by atoms with Crippen LogP contribution in [-0.4, -0.2) is 41.6 Å². The van der Waals surface area contributed by atoms with Crippen LogP contribution >= 0.6 is 0 Å². The van der Waals surface area contributed by atoms with Crippen LogP contribution in [0.3, 0.4) is 0 Å². The first-order valence-electron chi connectivity index (χ1n) is 4.67. The minimum Gasteiger partial charge on any atom is -0.481 e. The quantitative estimate of drug-likeness (QED) is 0.389. The van der Waals surface area contributed by atoms with Crippen LogP contribution in [0, 0.1) is 0 Å². The first kappa shape index (κ1) is 15.0. The Morgan fingerprint density at radius 1 is 1.25 bits per heavy atom. The summed E-state index contributed by atoms with van der Waals surface area (Å²) in [5.74, 6) is -1.98. The van der Waals surface area contributed by atoms with Gasteiger partial charge in [0.2, 0.25) is 0 Å². The number of carboxylic acids is 1. The van der Waals surface area contributed by atoms with Crippen molar-refractivity contribution in [1.82, 2.24) is 0 Å².